The van der Waals surface area contributed by atoms with Gasteiger partial charge in [-0.25, -0.2) is 4.79 Å². The maximum absolute atomic E-state index is 11.1. The minimum absolute atomic E-state index is 0.118. The first-order valence-electron chi connectivity index (χ1n) is 4.48. The van der Waals surface area contributed by atoms with Crippen molar-refractivity contribution in [2.75, 3.05) is 18.6 Å². The molecule has 0 rings (SSSR count). The maximum atomic E-state index is 11.1. The van der Waals surface area contributed by atoms with Gasteiger partial charge in [-0.2, -0.15) is 0 Å². The lowest BCUT2D eigenvalue weighted by atomic mass is 10.2. The van der Waals surface area contributed by atoms with Crippen LogP contribution in [0.15, 0.2) is 0 Å². The molecular weight excluding hydrogens is 220 g/mol. The SMILES string of the molecule is CC(CC(=O)O)NC(=O)NCCS(C)=O. The van der Waals surface area contributed by atoms with E-state index in [2.05, 4.69) is 10.6 Å². The van der Waals surface area contributed by atoms with Crippen molar-refractivity contribution in [2.24, 2.45) is 0 Å². The highest BCUT2D eigenvalue weighted by molar-refractivity contribution is 7.84. The predicted octanol–water partition coefficient (Wildman–Crippen LogP) is -0.473. The number of rotatable bonds is 6. The van der Waals surface area contributed by atoms with E-state index in [1.807, 2.05) is 0 Å². The van der Waals surface area contributed by atoms with Gasteiger partial charge in [0.1, 0.15) is 0 Å². The number of urea groups is 1. The molecule has 88 valence electrons. The van der Waals surface area contributed by atoms with Gasteiger partial charge in [0.25, 0.3) is 0 Å². The quantitative estimate of drug-likeness (QED) is 0.581. The Bertz CT molecular complexity index is 257. The van der Waals surface area contributed by atoms with Crippen molar-refractivity contribution in [2.45, 2.75) is 19.4 Å². The first-order valence-corrected chi connectivity index (χ1v) is 6.20. The summed E-state index contributed by atoms with van der Waals surface area (Å²) in [5, 5.41) is 13.4. The van der Waals surface area contributed by atoms with E-state index >= 15 is 0 Å². The van der Waals surface area contributed by atoms with Crippen molar-refractivity contribution in [1.29, 1.82) is 0 Å². The molecule has 2 atom stereocenters. The highest BCUT2D eigenvalue weighted by Gasteiger charge is 2.09. The Labute approximate surface area is 90.9 Å². The molecule has 7 heteroatoms. The van der Waals surface area contributed by atoms with Crippen molar-refractivity contribution in [1.82, 2.24) is 10.6 Å². The van der Waals surface area contributed by atoms with Gasteiger partial charge in [0.2, 0.25) is 0 Å². The van der Waals surface area contributed by atoms with Crippen molar-refractivity contribution < 1.29 is 18.9 Å². The van der Waals surface area contributed by atoms with Crippen molar-refractivity contribution in [3.05, 3.63) is 0 Å². The van der Waals surface area contributed by atoms with Crippen LogP contribution >= 0.6 is 0 Å². The number of carbonyl (C=O) groups excluding carboxylic acids is 1. The Morgan fingerprint density at radius 1 is 1.47 bits per heavy atom. The fourth-order valence-electron chi connectivity index (χ4n) is 0.896. The van der Waals surface area contributed by atoms with Crippen LogP contribution in [0, 0.1) is 0 Å². The number of aliphatic carboxylic acids is 1. The number of hydrogen-bond acceptors (Lipinski definition) is 3. The van der Waals surface area contributed by atoms with E-state index < -0.39 is 28.8 Å². The molecule has 0 bridgehead atoms. The van der Waals surface area contributed by atoms with Crippen LogP contribution in [-0.2, 0) is 15.6 Å². The number of carbonyl (C=O) groups is 2. The third kappa shape index (κ3) is 9.20. The van der Waals surface area contributed by atoms with E-state index in [-0.39, 0.29) is 6.42 Å². The zero-order valence-corrected chi connectivity index (χ0v) is 9.60. The summed E-state index contributed by atoms with van der Waals surface area (Å²) in [5.74, 6) is -0.571. The Balaban J connectivity index is 3.64. The average molecular weight is 236 g/mol. The molecule has 3 N–H and O–H groups in total. The fourth-order valence-corrected chi connectivity index (χ4v) is 1.29. The largest absolute Gasteiger partial charge is 0.481 e. The number of amides is 2. The molecule has 15 heavy (non-hydrogen) atoms. The monoisotopic (exact) mass is 236 g/mol. The van der Waals surface area contributed by atoms with Gasteiger partial charge in [0.05, 0.1) is 6.42 Å². The van der Waals surface area contributed by atoms with Crippen LogP contribution in [0.2, 0.25) is 0 Å². The van der Waals surface area contributed by atoms with Gasteiger partial charge in [-0.1, -0.05) is 0 Å². The molecule has 0 aromatic rings. The summed E-state index contributed by atoms with van der Waals surface area (Å²) >= 11 is 0. The molecule has 0 aliphatic rings. The highest BCUT2D eigenvalue weighted by atomic mass is 32.2. The van der Waals surface area contributed by atoms with Crippen molar-refractivity contribution in [3.8, 4) is 0 Å². The standard InChI is InChI=1S/C8H16N2O4S/c1-6(5-7(11)12)10-8(13)9-3-4-15(2)14/h6H,3-5H2,1-2H3,(H,11,12)(H2,9,10,13). The zero-order valence-electron chi connectivity index (χ0n) is 8.78. The number of hydrogen-bond donors (Lipinski definition) is 3. The van der Waals surface area contributed by atoms with E-state index in [4.69, 9.17) is 5.11 Å². The van der Waals surface area contributed by atoms with E-state index in [9.17, 15) is 13.8 Å². The third-order valence-electron chi connectivity index (χ3n) is 1.53. The predicted molar refractivity (Wildman–Crippen MR) is 57.2 cm³/mol. The third-order valence-corrected chi connectivity index (χ3v) is 2.31. The Morgan fingerprint density at radius 2 is 2.07 bits per heavy atom. The number of carboxylic acid groups (broad SMARTS) is 1. The van der Waals surface area contributed by atoms with Crippen molar-refractivity contribution in [3.63, 3.8) is 0 Å². The lowest BCUT2D eigenvalue weighted by molar-refractivity contribution is -0.137. The minimum Gasteiger partial charge on any atom is -0.481 e. The summed E-state index contributed by atoms with van der Waals surface area (Å²) in [7, 11) is -0.940. The lowest BCUT2D eigenvalue weighted by Crippen LogP contribution is -2.42. The Morgan fingerprint density at radius 3 is 2.53 bits per heavy atom. The Kier molecular flexibility index (Phi) is 6.68. The van der Waals surface area contributed by atoms with E-state index in [1.165, 1.54) is 0 Å². The van der Waals surface area contributed by atoms with E-state index in [0.29, 0.717) is 12.3 Å². The van der Waals surface area contributed by atoms with Gasteiger partial charge >= 0.3 is 12.0 Å². The van der Waals surface area contributed by atoms with E-state index in [1.54, 1.807) is 13.2 Å². The summed E-state index contributed by atoms with van der Waals surface area (Å²) < 4.78 is 10.7. The highest BCUT2D eigenvalue weighted by Crippen LogP contribution is 1.89. The molecule has 0 aliphatic carbocycles. The second-order valence-corrected chi connectivity index (χ2v) is 4.73. The topological polar surface area (TPSA) is 95.5 Å². The molecule has 0 radical (unpaired) electrons. The summed E-state index contributed by atoms with van der Waals surface area (Å²) in [6.07, 6.45) is 1.43. The molecule has 2 amide bonds. The molecule has 0 spiro atoms. The normalized spacial score (nSPS) is 14.0. The zero-order chi connectivity index (χ0) is 11.8. The molecule has 0 saturated heterocycles. The molecule has 6 nitrogen and oxygen atoms in total. The molecule has 0 fully saturated rings. The van der Waals surface area contributed by atoms with Crippen molar-refractivity contribution >= 4 is 22.8 Å². The molecule has 0 heterocycles. The molecule has 0 aromatic carbocycles. The van der Waals surface area contributed by atoms with Crippen LogP contribution in [0.4, 0.5) is 4.79 Å². The molecule has 0 aromatic heterocycles. The summed E-state index contributed by atoms with van der Waals surface area (Å²) in [5.41, 5.74) is 0. The van der Waals surface area contributed by atoms with Gasteiger partial charge in [-0.3, -0.25) is 9.00 Å². The summed E-state index contributed by atoms with van der Waals surface area (Å²) in [4.78, 5) is 21.4. The smallest absolute Gasteiger partial charge is 0.315 e. The van der Waals surface area contributed by atoms with Gasteiger partial charge in [0.15, 0.2) is 0 Å². The Hall–Kier alpha value is -1.11. The first-order chi connectivity index (χ1) is 6.91. The summed E-state index contributed by atoms with van der Waals surface area (Å²) in [6.45, 7) is 1.92. The van der Waals surface area contributed by atoms with Crippen LogP contribution in [0.1, 0.15) is 13.3 Å². The second kappa shape index (κ2) is 7.22. The number of carboxylic acids is 1. The molecule has 2 unspecified atom stereocenters. The summed E-state index contributed by atoms with van der Waals surface area (Å²) in [6, 6.07) is -0.858. The van der Waals surface area contributed by atoms with Crippen LogP contribution in [-0.4, -0.2) is 45.9 Å². The molecular formula is C8H16N2O4S. The minimum atomic E-state index is -0.961. The van der Waals surface area contributed by atoms with Crippen LogP contribution in [0.25, 0.3) is 0 Å². The van der Waals surface area contributed by atoms with Gasteiger partial charge < -0.3 is 15.7 Å². The van der Waals surface area contributed by atoms with Gasteiger partial charge in [-0.15, -0.1) is 0 Å². The van der Waals surface area contributed by atoms with E-state index in [0.717, 1.165) is 0 Å². The lowest BCUT2D eigenvalue weighted by Gasteiger charge is -2.12. The molecule has 0 aliphatic heterocycles. The van der Waals surface area contributed by atoms with Crippen LogP contribution < -0.4 is 10.6 Å². The maximum Gasteiger partial charge on any atom is 0.315 e. The van der Waals surface area contributed by atoms with Crippen LogP contribution in [0.5, 0.6) is 0 Å². The van der Waals surface area contributed by atoms with Gasteiger partial charge in [0, 0.05) is 35.4 Å². The number of nitrogens with one attached hydrogen (secondary N) is 2. The second-order valence-electron chi connectivity index (χ2n) is 3.18. The first kappa shape index (κ1) is 13.9. The fraction of sp³-hybridized carbons (Fsp3) is 0.750. The van der Waals surface area contributed by atoms with Gasteiger partial charge in [-0.05, 0) is 6.92 Å². The van der Waals surface area contributed by atoms with Crippen LogP contribution in [0.3, 0.4) is 0 Å². The molecule has 0 saturated carbocycles. The average Bonchev–Trinajstić information content (AvgIpc) is 2.00.